The summed E-state index contributed by atoms with van der Waals surface area (Å²) in [6, 6.07) is 12.3. The van der Waals surface area contributed by atoms with E-state index >= 15 is 0 Å². The quantitative estimate of drug-likeness (QED) is 0.747. The first kappa shape index (κ1) is 21.3. The van der Waals surface area contributed by atoms with Crippen molar-refractivity contribution in [2.24, 2.45) is 0 Å². The number of hydrogen-bond donors (Lipinski definition) is 1. The molecule has 1 N–H and O–H groups in total. The third-order valence-corrected chi connectivity index (χ3v) is 7.21. The summed E-state index contributed by atoms with van der Waals surface area (Å²) in [7, 11) is -2.14. The predicted molar refractivity (Wildman–Crippen MR) is 113 cm³/mol. The average molecular weight is 417 g/mol. The summed E-state index contributed by atoms with van der Waals surface area (Å²) in [4.78, 5) is 13.2. The summed E-state index contributed by atoms with van der Waals surface area (Å²) in [6.07, 6.45) is 2.43. The second kappa shape index (κ2) is 8.97. The summed E-state index contributed by atoms with van der Waals surface area (Å²) < 4.78 is 32.6. The molecule has 2 aromatic carbocycles. The Kier molecular flexibility index (Phi) is 6.59. The van der Waals surface area contributed by atoms with Crippen molar-refractivity contribution in [3.63, 3.8) is 0 Å². The molecule has 3 rings (SSSR count). The largest absolute Gasteiger partial charge is 0.496 e. The van der Waals surface area contributed by atoms with E-state index in [1.807, 2.05) is 38.1 Å². The molecule has 1 amide bonds. The predicted octanol–water partition coefficient (Wildman–Crippen LogP) is 3.67. The number of methoxy groups -OCH3 is 1. The first-order chi connectivity index (χ1) is 13.9. The van der Waals surface area contributed by atoms with Crippen LogP contribution >= 0.6 is 0 Å². The Morgan fingerprint density at radius 1 is 1.14 bits per heavy atom. The number of amides is 1. The van der Waals surface area contributed by atoms with Crippen LogP contribution in [0.1, 0.15) is 53.7 Å². The van der Waals surface area contributed by atoms with E-state index < -0.39 is 10.0 Å². The Morgan fingerprint density at radius 2 is 1.79 bits per heavy atom. The molecule has 29 heavy (non-hydrogen) atoms. The molecule has 1 heterocycles. The van der Waals surface area contributed by atoms with Gasteiger partial charge in [0.05, 0.1) is 23.6 Å². The van der Waals surface area contributed by atoms with Crippen LogP contribution < -0.4 is 10.1 Å². The Balaban J connectivity index is 1.89. The molecule has 156 valence electrons. The lowest BCUT2D eigenvalue weighted by molar-refractivity contribution is 0.0932. The van der Waals surface area contributed by atoms with Crippen LogP contribution in [-0.4, -0.2) is 38.8 Å². The fourth-order valence-corrected chi connectivity index (χ4v) is 5.10. The molecule has 2 aromatic rings. The molecule has 1 aliphatic rings. The highest BCUT2D eigenvalue weighted by molar-refractivity contribution is 7.89. The number of hydrogen-bond acceptors (Lipinski definition) is 4. The number of rotatable bonds is 7. The van der Waals surface area contributed by atoms with Crippen molar-refractivity contribution in [1.29, 1.82) is 0 Å². The van der Waals surface area contributed by atoms with Crippen LogP contribution in [0.5, 0.6) is 5.75 Å². The SMILES string of the molecule is CC[C@H](NC(=O)c1cc(S(=O)(=O)N2CCCC2)ccc1OC)c1ccc(C)cc1. The van der Waals surface area contributed by atoms with Gasteiger partial charge in [-0.15, -0.1) is 0 Å². The van der Waals surface area contributed by atoms with Gasteiger partial charge in [0.1, 0.15) is 5.75 Å². The maximum atomic E-state index is 13.0. The molecule has 0 aliphatic carbocycles. The summed E-state index contributed by atoms with van der Waals surface area (Å²) in [5.74, 6) is -0.00521. The van der Waals surface area contributed by atoms with Gasteiger partial charge in [-0.1, -0.05) is 36.8 Å². The standard InChI is InChI=1S/C22H28N2O4S/c1-4-20(17-9-7-16(2)8-10-17)23-22(25)19-15-18(11-12-21(19)28-3)29(26,27)24-13-5-6-14-24/h7-12,15,20H,4-6,13-14H2,1-3H3,(H,23,25)/t20-/m0/s1. The molecule has 0 saturated carbocycles. The highest BCUT2D eigenvalue weighted by Gasteiger charge is 2.29. The van der Waals surface area contributed by atoms with Gasteiger partial charge in [-0.25, -0.2) is 8.42 Å². The van der Waals surface area contributed by atoms with Crippen molar-refractivity contribution >= 4 is 15.9 Å². The lowest BCUT2D eigenvalue weighted by Crippen LogP contribution is -2.30. The highest BCUT2D eigenvalue weighted by Crippen LogP contribution is 2.27. The van der Waals surface area contributed by atoms with E-state index in [4.69, 9.17) is 4.74 Å². The van der Waals surface area contributed by atoms with Crippen molar-refractivity contribution in [3.8, 4) is 5.75 Å². The third-order valence-electron chi connectivity index (χ3n) is 5.31. The van der Waals surface area contributed by atoms with E-state index in [9.17, 15) is 13.2 Å². The molecule has 0 bridgehead atoms. The Labute approximate surface area is 172 Å². The van der Waals surface area contributed by atoms with Gasteiger partial charge in [0.2, 0.25) is 10.0 Å². The molecule has 1 atom stereocenters. The summed E-state index contributed by atoms with van der Waals surface area (Å²) >= 11 is 0. The number of nitrogens with one attached hydrogen (secondary N) is 1. The molecular weight excluding hydrogens is 388 g/mol. The van der Waals surface area contributed by atoms with E-state index in [1.165, 1.54) is 23.5 Å². The van der Waals surface area contributed by atoms with Crippen LogP contribution in [-0.2, 0) is 10.0 Å². The van der Waals surface area contributed by atoms with Crippen LogP contribution in [0.15, 0.2) is 47.4 Å². The van der Waals surface area contributed by atoms with E-state index in [1.54, 1.807) is 6.07 Å². The number of aryl methyl sites for hydroxylation is 1. The zero-order chi connectivity index (χ0) is 21.0. The molecule has 1 fully saturated rings. The molecule has 6 nitrogen and oxygen atoms in total. The number of benzene rings is 2. The zero-order valence-corrected chi connectivity index (χ0v) is 18.0. The molecule has 0 unspecified atom stereocenters. The first-order valence-corrected chi connectivity index (χ1v) is 11.4. The van der Waals surface area contributed by atoms with E-state index in [0.29, 0.717) is 25.3 Å². The summed E-state index contributed by atoms with van der Waals surface area (Å²) in [6.45, 7) is 5.04. The van der Waals surface area contributed by atoms with Crippen molar-refractivity contribution in [2.75, 3.05) is 20.2 Å². The van der Waals surface area contributed by atoms with Gasteiger partial charge in [-0.05, 0) is 49.9 Å². The number of ether oxygens (including phenoxy) is 1. The molecule has 0 radical (unpaired) electrons. The van der Waals surface area contributed by atoms with Crippen LogP contribution in [0.3, 0.4) is 0 Å². The Morgan fingerprint density at radius 3 is 2.38 bits per heavy atom. The van der Waals surface area contributed by atoms with E-state index in [2.05, 4.69) is 5.32 Å². The summed E-state index contributed by atoms with van der Waals surface area (Å²) in [5, 5.41) is 3.01. The van der Waals surface area contributed by atoms with Gasteiger partial charge in [-0.2, -0.15) is 4.31 Å². The number of carbonyl (C=O) groups excluding carboxylic acids is 1. The first-order valence-electron chi connectivity index (χ1n) is 9.92. The van der Waals surface area contributed by atoms with Crippen LogP contribution in [0.2, 0.25) is 0 Å². The maximum Gasteiger partial charge on any atom is 0.255 e. The average Bonchev–Trinajstić information content (AvgIpc) is 3.28. The minimum atomic E-state index is -3.61. The second-order valence-electron chi connectivity index (χ2n) is 7.32. The van der Waals surface area contributed by atoms with Gasteiger partial charge < -0.3 is 10.1 Å². The topological polar surface area (TPSA) is 75.7 Å². The lowest BCUT2D eigenvalue weighted by Gasteiger charge is -2.20. The molecule has 0 spiro atoms. The van der Waals surface area contributed by atoms with Crippen molar-refractivity contribution in [2.45, 2.75) is 44.0 Å². The second-order valence-corrected chi connectivity index (χ2v) is 9.26. The minimum Gasteiger partial charge on any atom is -0.496 e. The van der Waals surface area contributed by atoms with Crippen LogP contribution in [0, 0.1) is 6.92 Å². The number of carbonyl (C=O) groups is 1. The zero-order valence-electron chi connectivity index (χ0n) is 17.1. The number of sulfonamides is 1. The lowest BCUT2D eigenvalue weighted by atomic mass is 10.0. The third kappa shape index (κ3) is 4.62. The van der Waals surface area contributed by atoms with Gasteiger partial charge in [-0.3, -0.25) is 4.79 Å². The number of nitrogens with zero attached hydrogens (tertiary/aromatic N) is 1. The Hall–Kier alpha value is -2.38. The van der Waals surface area contributed by atoms with Crippen molar-refractivity contribution < 1.29 is 17.9 Å². The highest BCUT2D eigenvalue weighted by atomic mass is 32.2. The van der Waals surface area contributed by atoms with Crippen molar-refractivity contribution in [3.05, 3.63) is 59.2 Å². The molecule has 1 aliphatic heterocycles. The normalized spacial score (nSPS) is 15.8. The van der Waals surface area contributed by atoms with Crippen LogP contribution in [0.25, 0.3) is 0 Å². The van der Waals surface area contributed by atoms with Gasteiger partial charge in [0.15, 0.2) is 0 Å². The molecule has 7 heteroatoms. The fourth-order valence-electron chi connectivity index (χ4n) is 3.56. The van der Waals surface area contributed by atoms with E-state index in [-0.39, 0.29) is 22.4 Å². The van der Waals surface area contributed by atoms with Gasteiger partial charge in [0, 0.05) is 13.1 Å². The minimum absolute atomic E-state index is 0.119. The van der Waals surface area contributed by atoms with Crippen molar-refractivity contribution in [1.82, 2.24) is 9.62 Å². The van der Waals surface area contributed by atoms with Gasteiger partial charge >= 0.3 is 0 Å². The fraction of sp³-hybridized carbons (Fsp3) is 0.409. The summed E-state index contributed by atoms with van der Waals surface area (Å²) in [5.41, 5.74) is 2.38. The van der Waals surface area contributed by atoms with Gasteiger partial charge in [0.25, 0.3) is 5.91 Å². The van der Waals surface area contributed by atoms with Crippen LogP contribution in [0.4, 0.5) is 0 Å². The molecule has 1 saturated heterocycles. The smallest absolute Gasteiger partial charge is 0.255 e. The monoisotopic (exact) mass is 416 g/mol. The molecule has 0 aromatic heterocycles. The Bertz CT molecular complexity index is 965. The van der Waals surface area contributed by atoms with E-state index in [0.717, 1.165) is 24.0 Å². The maximum absolute atomic E-state index is 13.0. The molecular formula is C22H28N2O4S.